The molecule has 1 rings (SSSR count). The molecule has 0 bridgehead atoms. The number of carbonyl (C=O) groups is 1. The summed E-state index contributed by atoms with van der Waals surface area (Å²) in [7, 11) is -3.70. The summed E-state index contributed by atoms with van der Waals surface area (Å²) in [5, 5.41) is 0. The fraction of sp³-hybridized carbons (Fsp3) is 0.364. The molecule has 0 saturated carbocycles. The van der Waals surface area contributed by atoms with Crippen molar-refractivity contribution in [3.63, 3.8) is 0 Å². The van der Waals surface area contributed by atoms with Gasteiger partial charge in [0.2, 0.25) is 10.0 Å². The molecular weight excluding hydrogens is 254 g/mol. The number of carbonyl (C=O) groups excluding carboxylic acids is 1. The lowest BCUT2D eigenvalue weighted by Crippen LogP contribution is -2.40. The van der Waals surface area contributed by atoms with Gasteiger partial charge in [-0.15, -0.1) is 0 Å². The van der Waals surface area contributed by atoms with Gasteiger partial charge in [0.25, 0.3) is 5.91 Å². The summed E-state index contributed by atoms with van der Waals surface area (Å²) in [6.07, 6.45) is 0. The lowest BCUT2D eigenvalue weighted by Gasteiger charge is -2.20. The number of primary amides is 1. The Bertz CT molecular complexity index is 574. The Labute approximate surface area is 106 Å². The molecule has 0 aliphatic rings. The second kappa shape index (κ2) is 4.58. The number of sulfonamides is 1. The zero-order valence-corrected chi connectivity index (χ0v) is 11.3. The summed E-state index contributed by atoms with van der Waals surface area (Å²) in [6.45, 7) is 5.16. The van der Waals surface area contributed by atoms with E-state index in [9.17, 15) is 13.2 Å². The van der Waals surface area contributed by atoms with Gasteiger partial charge < -0.3 is 11.5 Å². The van der Waals surface area contributed by atoms with E-state index in [0.29, 0.717) is 0 Å². The monoisotopic (exact) mass is 271 g/mol. The van der Waals surface area contributed by atoms with Gasteiger partial charge in [-0.2, -0.15) is 0 Å². The van der Waals surface area contributed by atoms with Gasteiger partial charge in [-0.25, -0.2) is 13.1 Å². The summed E-state index contributed by atoms with van der Waals surface area (Å²) in [5.41, 5.74) is 10.2. The van der Waals surface area contributed by atoms with Crippen molar-refractivity contribution in [1.29, 1.82) is 0 Å². The number of nitrogens with two attached hydrogens (primary N) is 2. The first-order valence-corrected chi connectivity index (χ1v) is 6.74. The second-order valence-electron chi connectivity index (χ2n) is 4.97. The molecule has 0 atom stereocenters. The predicted molar refractivity (Wildman–Crippen MR) is 69.4 cm³/mol. The highest BCUT2D eigenvalue weighted by atomic mass is 32.2. The minimum Gasteiger partial charge on any atom is -0.398 e. The van der Waals surface area contributed by atoms with E-state index in [2.05, 4.69) is 4.72 Å². The molecule has 0 radical (unpaired) electrons. The Morgan fingerprint density at radius 2 is 1.83 bits per heavy atom. The van der Waals surface area contributed by atoms with Crippen molar-refractivity contribution >= 4 is 21.6 Å². The first-order valence-electron chi connectivity index (χ1n) is 5.26. The van der Waals surface area contributed by atoms with Gasteiger partial charge in [0.05, 0.1) is 10.5 Å². The molecule has 1 aromatic rings. The molecule has 0 aliphatic heterocycles. The second-order valence-corrected chi connectivity index (χ2v) is 6.65. The quantitative estimate of drug-likeness (QED) is 0.692. The van der Waals surface area contributed by atoms with Crippen molar-refractivity contribution in [2.45, 2.75) is 31.2 Å². The van der Waals surface area contributed by atoms with E-state index in [1.807, 2.05) is 0 Å². The molecule has 1 amide bonds. The van der Waals surface area contributed by atoms with E-state index >= 15 is 0 Å². The van der Waals surface area contributed by atoms with E-state index < -0.39 is 21.5 Å². The van der Waals surface area contributed by atoms with Crippen LogP contribution < -0.4 is 16.2 Å². The first kappa shape index (κ1) is 14.5. The van der Waals surface area contributed by atoms with Gasteiger partial charge in [0.15, 0.2) is 0 Å². The topological polar surface area (TPSA) is 115 Å². The molecule has 6 nitrogen and oxygen atoms in total. The van der Waals surface area contributed by atoms with Crippen LogP contribution in [-0.2, 0) is 10.0 Å². The zero-order chi connectivity index (χ0) is 14.1. The van der Waals surface area contributed by atoms with Crippen molar-refractivity contribution in [1.82, 2.24) is 4.72 Å². The van der Waals surface area contributed by atoms with Crippen LogP contribution in [0.15, 0.2) is 23.1 Å². The SMILES string of the molecule is CC(C)(C)NS(=O)(=O)c1ccc(N)c(C(N)=O)c1. The highest BCUT2D eigenvalue weighted by Gasteiger charge is 2.23. The maximum absolute atomic E-state index is 12.0. The van der Waals surface area contributed by atoms with E-state index in [0.717, 1.165) is 0 Å². The van der Waals surface area contributed by atoms with Crippen LogP contribution in [0, 0.1) is 0 Å². The molecule has 18 heavy (non-hydrogen) atoms. The molecule has 0 aliphatic carbocycles. The van der Waals surface area contributed by atoms with Crippen LogP contribution in [0.5, 0.6) is 0 Å². The van der Waals surface area contributed by atoms with Gasteiger partial charge >= 0.3 is 0 Å². The van der Waals surface area contributed by atoms with E-state index in [1.165, 1.54) is 18.2 Å². The third-order valence-corrected chi connectivity index (χ3v) is 3.80. The first-order chi connectivity index (χ1) is 8.03. The van der Waals surface area contributed by atoms with E-state index in [-0.39, 0.29) is 16.1 Å². The predicted octanol–water partition coefficient (Wildman–Crippen LogP) is 0.444. The van der Waals surface area contributed by atoms with Crippen molar-refractivity contribution in [3.8, 4) is 0 Å². The Hall–Kier alpha value is -1.60. The number of rotatable bonds is 3. The molecule has 100 valence electrons. The van der Waals surface area contributed by atoms with E-state index in [4.69, 9.17) is 11.5 Å². The average molecular weight is 271 g/mol. The molecule has 0 aromatic heterocycles. The molecular formula is C11H17N3O3S. The Kier molecular flexibility index (Phi) is 3.68. The largest absolute Gasteiger partial charge is 0.398 e. The molecule has 1 aromatic carbocycles. The smallest absolute Gasteiger partial charge is 0.250 e. The van der Waals surface area contributed by atoms with Gasteiger partial charge in [0, 0.05) is 11.2 Å². The average Bonchev–Trinajstić information content (AvgIpc) is 2.13. The molecule has 5 N–H and O–H groups in total. The maximum atomic E-state index is 12.0. The lowest BCUT2D eigenvalue weighted by molar-refractivity contribution is 0.100. The van der Waals surface area contributed by atoms with Gasteiger partial charge in [-0.05, 0) is 39.0 Å². The van der Waals surface area contributed by atoms with Crippen LogP contribution in [0.1, 0.15) is 31.1 Å². The van der Waals surface area contributed by atoms with Gasteiger partial charge in [0.1, 0.15) is 0 Å². The Morgan fingerprint density at radius 1 is 1.28 bits per heavy atom. The number of amides is 1. The van der Waals surface area contributed by atoms with Crippen LogP contribution in [-0.4, -0.2) is 19.9 Å². The minimum atomic E-state index is -3.70. The fourth-order valence-corrected chi connectivity index (χ4v) is 2.82. The lowest BCUT2D eigenvalue weighted by atomic mass is 10.1. The van der Waals surface area contributed by atoms with Crippen LogP contribution in [0.25, 0.3) is 0 Å². The van der Waals surface area contributed by atoms with Crippen molar-refractivity contribution in [2.75, 3.05) is 5.73 Å². The third kappa shape index (κ3) is 3.44. The summed E-state index contributed by atoms with van der Waals surface area (Å²) in [6, 6.07) is 3.85. The number of nitrogen functional groups attached to an aromatic ring is 1. The van der Waals surface area contributed by atoms with E-state index in [1.54, 1.807) is 20.8 Å². The standard InChI is InChI=1S/C11H17N3O3S/c1-11(2,3)14-18(16,17)7-4-5-9(12)8(6-7)10(13)15/h4-6,14H,12H2,1-3H3,(H2,13,15). The normalized spacial score (nSPS) is 12.4. The van der Waals surface area contributed by atoms with Gasteiger partial charge in [-0.1, -0.05) is 0 Å². The molecule has 0 spiro atoms. The van der Waals surface area contributed by atoms with Crippen LogP contribution in [0.4, 0.5) is 5.69 Å². The van der Waals surface area contributed by atoms with Crippen molar-refractivity contribution < 1.29 is 13.2 Å². The summed E-state index contributed by atoms with van der Waals surface area (Å²) in [4.78, 5) is 11.1. The molecule has 0 unspecified atom stereocenters. The third-order valence-electron chi connectivity index (χ3n) is 2.04. The number of hydrogen-bond donors (Lipinski definition) is 3. The highest BCUT2D eigenvalue weighted by molar-refractivity contribution is 7.89. The highest BCUT2D eigenvalue weighted by Crippen LogP contribution is 2.18. The molecule has 7 heteroatoms. The molecule has 0 heterocycles. The number of hydrogen-bond acceptors (Lipinski definition) is 4. The van der Waals surface area contributed by atoms with Crippen LogP contribution >= 0.6 is 0 Å². The number of benzene rings is 1. The summed E-state index contributed by atoms with van der Waals surface area (Å²) in [5.74, 6) is -0.764. The van der Waals surface area contributed by atoms with Gasteiger partial charge in [-0.3, -0.25) is 4.79 Å². The fourth-order valence-electron chi connectivity index (χ4n) is 1.38. The van der Waals surface area contributed by atoms with Crippen molar-refractivity contribution in [2.24, 2.45) is 5.73 Å². The maximum Gasteiger partial charge on any atom is 0.250 e. The van der Waals surface area contributed by atoms with Crippen LogP contribution in [0.2, 0.25) is 0 Å². The Morgan fingerprint density at radius 3 is 2.28 bits per heavy atom. The Balaban J connectivity index is 3.27. The van der Waals surface area contributed by atoms with Crippen LogP contribution in [0.3, 0.4) is 0 Å². The minimum absolute atomic E-state index is 0.00761. The molecule has 0 fully saturated rings. The molecule has 0 saturated heterocycles. The van der Waals surface area contributed by atoms with Crippen molar-refractivity contribution in [3.05, 3.63) is 23.8 Å². The number of anilines is 1. The number of nitrogens with one attached hydrogen (secondary N) is 1. The summed E-state index contributed by atoms with van der Waals surface area (Å²) < 4.78 is 26.5. The summed E-state index contributed by atoms with van der Waals surface area (Å²) >= 11 is 0. The zero-order valence-electron chi connectivity index (χ0n) is 10.5.